The molecule has 0 aliphatic heterocycles. The molecule has 0 aliphatic carbocycles. The average Bonchev–Trinajstić information content (AvgIpc) is 1.59. The van der Waals surface area contributed by atoms with Gasteiger partial charge in [0.25, 0.3) is 0 Å². The first-order chi connectivity index (χ1) is 4.42. The summed E-state index contributed by atoms with van der Waals surface area (Å²) in [6.45, 7) is -4.07. The molecule has 0 bridgehead atoms. The Bertz CT molecular complexity index is 162. The summed E-state index contributed by atoms with van der Waals surface area (Å²) in [6.07, 6.45) is -0.226. The first-order valence-corrected chi connectivity index (χ1v) is 5.54. The van der Waals surface area contributed by atoms with Crippen molar-refractivity contribution in [3.05, 3.63) is 0 Å². The van der Waals surface area contributed by atoms with Crippen LogP contribution in [-0.4, -0.2) is 26.6 Å². The Balaban J connectivity index is 3.39. The number of carboxylic acids is 1. The average molecular weight is 186 g/mol. The van der Waals surface area contributed by atoms with E-state index in [9.17, 15) is 9.36 Å². The summed E-state index contributed by atoms with van der Waals surface area (Å²) in [5.74, 6) is -1.11. The lowest BCUT2D eigenvalue weighted by Crippen LogP contribution is -1.95. The number of rotatable bonds is 4. The van der Waals surface area contributed by atoms with Crippen molar-refractivity contribution in [2.45, 2.75) is 6.42 Å². The van der Waals surface area contributed by atoms with E-state index < -0.39 is 12.8 Å². The Morgan fingerprint density at radius 3 is 2.30 bits per heavy atom. The quantitative estimate of drug-likeness (QED) is 0.546. The van der Waals surface area contributed by atoms with E-state index in [2.05, 4.69) is 0 Å². The highest BCUT2D eigenvalue weighted by molar-refractivity contribution is 8.54. The van der Waals surface area contributed by atoms with E-state index in [1.807, 2.05) is 0 Å². The lowest BCUT2D eigenvalue weighted by Gasteiger charge is -1.98. The summed E-state index contributed by atoms with van der Waals surface area (Å²) in [5.41, 5.74) is 0. The Morgan fingerprint density at radius 2 is 2.00 bits per heavy atom. The highest BCUT2D eigenvalue weighted by Crippen LogP contribution is 2.50. The van der Waals surface area contributed by atoms with Gasteiger partial charge in [0.05, 0.1) is 6.42 Å². The van der Waals surface area contributed by atoms with Gasteiger partial charge < -0.3 is 14.9 Å². The molecule has 0 atom stereocenters. The summed E-state index contributed by atoms with van der Waals surface area (Å²) in [7, 11) is 0. The molecule has 10 heavy (non-hydrogen) atoms. The van der Waals surface area contributed by atoms with Gasteiger partial charge in [0.2, 0.25) is 0 Å². The van der Waals surface area contributed by atoms with E-state index in [1.165, 1.54) is 0 Å². The van der Waals surface area contributed by atoms with Crippen LogP contribution in [0.1, 0.15) is 6.42 Å². The van der Waals surface area contributed by atoms with E-state index in [0.29, 0.717) is 11.4 Å². The van der Waals surface area contributed by atoms with Crippen LogP contribution in [0.2, 0.25) is 0 Å². The Morgan fingerprint density at radius 1 is 1.50 bits per heavy atom. The van der Waals surface area contributed by atoms with E-state index in [0.717, 1.165) is 0 Å². The molecule has 0 aliphatic rings. The van der Waals surface area contributed by atoms with Crippen molar-refractivity contribution in [3.8, 4) is 0 Å². The van der Waals surface area contributed by atoms with Crippen molar-refractivity contribution < 1.29 is 24.3 Å². The highest BCUT2D eigenvalue weighted by atomic mass is 32.7. The fourth-order valence-corrected chi connectivity index (χ4v) is 1.74. The maximum absolute atomic E-state index is 10.1. The van der Waals surface area contributed by atoms with Gasteiger partial charge in [-0.25, -0.2) is 4.57 Å². The SMILES string of the molecule is O=C(O)CCSP(=O)(O)O. The molecule has 0 radical (unpaired) electrons. The zero-order valence-corrected chi connectivity index (χ0v) is 6.64. The molecular weight excluding hydrogens is 179 g/mol. The highest BCUT2D eigenvalue weighted by Gasteiger charge is 2.13. The van der Waals surface area contributed by atoms with Gasteiger partial charge in [-0.1, -0.05) is 0 Å². The number of carboxylic acid groups (broad SMARTS) is 1. The molecule has 0 saturated heterocycles. The third-order valence-corrected chi connectivity index (χ3v) is 2.86. The second-order valence-electron chi connectivity index (χ2n) is 1.47. The monoisotopic (exact) mass is 186 g/mol. The summed E-state index contributed by atoms with van der Waals surface area (Å²) >= 11 is 0.348. The zero-order valence-electron chi connectivity index (χ0n) is 4.93. The van der Waals surface area contributed by atoms with E-state index in [1.54, 1.807) is 0 Å². The maximum Gasteiger partial charge on any atom is 0.383 e. The number of carbonyl (C=O) groups is 1. The minimum atomic E-state index is -4.07. The van der Waals surface area contributed by atoms with Gasteiger partial charge in [0.1, 0.15) is 0 Å². The summed E-state index contributed by atoms with van der Waals surface area (Å²) in [4.78, 5) is 26.2. The third kappa shape index (κ3) is 7.97. The van der Waals surface area contributed by atoms with Gasteiger partial charge in [0.15, 0.2) is 0 Å². The molecule has 3 N–H and O–H groups in total. The van der Waals surface area contributed by atoms with Crippen molar-refractivity contribution in [2.24, 2.45) is 0 Å². The molecule has 0 unspecified atom stereocenters. The molecule has 0 amide bonds. The molecule has 0 aromatic heterocycles. The van der Waals surface area contributed by atoms with E-state index in [4.69, 9.17) is 14.9 Å². The van der Waals surface area contributed by atoms with Crippen LogP contribution in [0.15, 0.2) is 0 Å². The Kier molecular flexibility index (Phi) is 3.96. The molecule has 5 nitrogen and oxygen atoms in total. The topological polar surface area (TPSA) is 94.8 Å². The van der Waals surface area contributed by atoms with Crippen LogP contribution in [0.4, 0.5) is 0 Å². The van der Waals surface area contributed by atoms with Gasteiger partial charge in [-0.2, -0.15) is 0 Å². The van der Waals surface area contributed by atoms with Crippen molar-refractivity contribution in [1.82, 2.24) is 0 Å². The second kappa shape index (κ2) is 3.98. The molecule has 0 rings (SSSR count). The van der Waals surface area contributed by atoms with Crippen LogP contribution in [0, 0.1) is 0 Å². The molecule has 0 fully saturated rings. The van der Waals surface area contributed by atoms with Gasteiger partial charge in [0, 0.05) is 5.75 Å². The first kappa shape index (κ1) is 9.97. The molecule has 0 saturated carbocycles. The summed E-state index contributed by atoms with van der Waals surface area (Å²) in [6, 6.07) is 0. The van der Waals surface area contributed by atoms with E-state index >= 15 is 0 Å². The van der Waals surface area contributed by atoms with Crippen LogP contribution in [0.5, 0.6) is 0 Å². The first-order valence-electron chi connectivity index (χ1n) is 2.34. The van der Waals surface area contributed by atoms with Gasteiger partial charge in [-0.3, -0.25) is 4.79 Å². The third-order valence-electron chi connectivity index (χ3n) is 0.575. The van der Waals surface area contributed by atoms with E-state index in [-0.39, 0.29) is 12.2 Å². The van der Waals surface area contributed by atoms with Gasteiger partial charge in [-0.05, 0) is 11.4 Å². The fraction of sp³-hybridized carbons (Fsp3) is 0.667. The van der Waals surface area contributed by atoms with Gasteiger partial charge in [-0.15, -0.1) is 0 Å². The molecule has 0 heterocycles. The van der Waals surface area contributed by atoms with Crippen molar-refractivity contribution in [1.29, 1.82) is 0 Å². The Hall–Kier alpha value is -0.0300. The molecule has 60 valence electrons. The minimum absolute atomic E-state index is 0.0559. The largest absolute Gasteiger partial charge is 0.481 e. The van der Waals surface area contributed by atoms with Crippen molar-refractivity contribution >= 4 is 24.1 Å². The van der Waals surface area contributed by atoms with Crippen LogP contribution < -0.4 is 0 Å². The van der Waals surface area contributed by atoms with Gasteiger partial charge >= 0.3 is 12.8 Å². The lowest BCUT2D eigenvalue weighted by atomic mass is 10.5. The molecule has 0 aromatic rings. The fourth-order valence-electron chi connectivity index (χ4n) is 0.252. The maximum atomic E-state index is 10.1. The number of hydrogen-bond donors (Lipinski definition) is 3. The standard InChI is InChI=1S/C3H7O5PS/c4-3(5)1-2-10-9(6,7)8/h1-2H2,(H,4,5)(H2,6,7,8). The predicted octanol–water partition coefficient (Wildman–Crippen LogP) is 0.287. The van der Waals surface area contributed by atoms with Crippen LogP contribution in [0.25, 0.3) is 0 Å². The smallest absolute Gasteiger partial charge is 0.383 e. The Labute approximate surface area is 61.3 Å². The normalized spacial score (nSPS) is 11.4. The molecule has 0 spiro atoms. The van der Waals surface area contributed by atoms with Crippen LogP contribution in [-0.2, 0) is 9.36 Å². The zero-order chi connectivity index (χ0) is 8.20. The van der Waals surface area contributed by atoms with Crippen LogP contribution >= 0.6 is 18.2 Å². The molecule has 0 aromatic carbocycles. The second-order valence-corrected chi connectivity index (χ2v) is 5.32. The number of aliphatic carboxylic acids is 1. The van der Waals surface area contributed by atoms with Crippen molar-refractivity contribution in [3.63, 3.8) is 0 Å². The number of hydrogen-bond acceptors (Lipinski definition) is 3. The predicted molar refractivity (Wildman–Crippen MR) is 36.8 cm³/mol. The lowest BCUT2D eigenvalue weighted by molar-refractivity contribution is -0.136. The summed E-state index contributed by atoms with van der Waals surface area (Å²) < 4.78 is 10.1. The van der Waals surface area contributed by atoms with Crippen molar-refractivity contribution in [2.75, 3.05) is 5.75 Å². The van der Waals surface area contributed by atoms with Crippen LogP contribution in [0.3, 0.4) is 0 Å². The molecular formula is C3H7O5PS. The minimum Gasteiger partial charge on any atom is -0.481 e. The summed E-state index contributed by atoms with van der Waals surface area (Å²) in [5, 5.41) is 8.04. The molecule has 7 heteroatoms.